The largest absolute Gasteiger partial charge is 0.481 e. The molecule has 0 aliphatic heterocycles. The van der Waals surface area contributed by atoms with Gasteiger partial charge in [-0.2, -0.15) is 0 Å². The molecule has 0 aliphatic rings. The fourth-order valence-corrected chi connectivity index (χ4v) is 2.44. The van der Waals surface area contributed by atoms with Gasteiger partial charge < -0.3 is 10.0 Å². The molecule has 106 valence electrons. The molecule has 0 aliphatic carbocycles. The van der Waals surface area contributed by atoms with Crippen molar-refractivity contribution in [3.05, 3.63) is 34.1 Å². The molecule has 0 amide bonds. The van der Waals surface area contributed by atoms with Crippen molar-refractivity contribution in [1.82, 2.24) is 4.90 Å². The zero-order valence-corrected chi connectivity index (χ0v) is 12.8. The second-order valence-electron chi connectivity index (χ2n) is 4.95. The quantitative estimate of drug-likeness (QED) is 0.834. The summed E-state index contributed by atoms with van der Waals surface area (Å²) in [6.45, 7) is 3.31. The number of benzene rings is 1. The first-order valence-corrected chi connectivity index (χ1v) is 7.02. The van der Waals surface area contributed by atoms with E-state index in [1.54, 1.807) is 12.1 Å². The molecule has 1 rings (SSSR count). The van der Waals surface area contributed by atoms with Crippen molar-refractivity contribution in [1.29, 1.82) is 0 Å². The minimum Gasteiger partial charge on any atom is -0.481 e. The molecule has 1 N–H and O–H groups in total. The lowest BCUT2D eigenvalue weighted by molar-refractivity contribution is -0.138. The van der Waals surface area contributed by atoms with Crippen LogP contribution in [0.3, 0.4) is 0 Å². The van der Waals surface area contributed by atoms with Gasteiger partial charge in [-0.05, 0) is 43.1 Å². The molecule has 5 heteroatoms. The fourth-order valence-electron chi connectivity index (χ4n) is 2.03. The monoisotopic (exact) mass is 331 g/mol. The van der Waals surface area contributed by atoms with Gasteiger partial charge in [0.05, 0.1) is 0 Å². The van der Waals surface area contributed by atoms with E-state index in [0.29, 0.717) is 25.1 Å². The van der Waals surface area contributed by atoms with Gasteiger partial charge in [0, 0.05) is 24.0 Å². The second kappa shape index (κ2) is 7.60. The van der Waals surface area contributed by atoms with Gasteiger partial charge in [-0.15, -0.1) is 0 Å². The molecule has 1 aromatic carbocycles. The lowest BCUT2D eigenvalue weighted by atomic mass is 10.1. The highest BCUT2D eigenvalue weighted by atomic mass is 79.9. The van der Waals surface area contributed by atoms with Crippen molar-refractivity contribution in [3.8, 4) is 0 Å². The molecule has 1 atom stereocenters. The summed E-state index contributed by atoms with van der Waals surface area (Å²) in [6.07, 6.45) is 0.775. The van der Waals surface area contributed by atoms with Crippen molar-refractivity contribution >= 4 is 21.9 Å². The first kappa shape index (κ1) is 16.1. The predicted molar refractivity (Wildman–Crippen MR) is 76.7 cm³/mol. The van der Waals surface area contributed by atoms with E-state index >= 15 is 0 Å². The van der Waals surface area contributed by atoms with Gasteiger partial charge in [-0.25, -0.2) is 4.39 Å². The topological polar surface area (TPSA) is 40.5 Å². The Morgan fingerprint density at radius 3 is 2.84 bits per heavy atom. The summed E-state index contributed by atoms with van der Waals surface area (Å²) in [5.74, 6) is -0.885. The molecule has 0 saturated heterocycles. The third kappa shape index (κ3) is 6.16. The third-order valence-corrected chi connectivity index (χ3v) is 3.41. The Bertz CT molecular complexity index is 439. The number of aliphatic carboxylic acids is 1. The second-order valence-corrected chi connectivity index (χ2v) is 5.87. The van der Waals surface area contributed by atoms with Crippen molar-refractivity contribution in [3.63, 3.8) is 0 Å². The summed E-state index contributed by atoms with van der Waals surface area (Å²) in [5.41, 5.74) is 0.673. The number of likely N-dealkylation sites (N-methyl/N-ethyl adjacent to an activating group) is 1. The Labute approximate surface area is 121 Å². The maximum atomic E-state index is 13.5. The smallest absolute Gasteiger partial charge is 0.303 e. The number of rotatable bonds is 7. The molecular weight excluding hydrogens is 313 g/mol. The van der Waals surface area contributed by atoms with Crippen LogP contribution < -0.4 is 0 Å². The lowest BCUT2D eigenvalue weighted by Crippen LogP contribution is -2.27. The first-order chi connectivity index (χ1) is 8.88. The van der Waals surface area contributed by atoms with Crippen LogP contribution in [0.5, 0.6) is 0 Å². The number of nitrogens with zero attached hydrogens (tertiary/aromatic N) is 1. The molecular formula is C14H19BrFNO2. The van der Waals surface area contributed by atoms with Gasteiger partial charge >= 0.3 is 5.97 Å². The molecule has 1 unspecified atom stereocenters. The molecule has 0 aromatic heterocycles. The number of hydrogen-bond acceptors (Lipinski definition) is 2. The highest BCUT2D eigenvalue weighted by Crippen LogP contribution is 2.16. The van der Waals surface area contributed by atoms with Crippen molar-refractivity contribution in [2.45, 2.75) is 19.8 Å². The van der Waals surface area contributed by atoms with E-state index in [4.69, 9.17) is 5.11 Å². The van der Waals surface area contributed by atoms with E-state index in [2.05, 4.69) is 15.9 Å². The van der Waals surface area contributed by atoms with Crippen molar-refractivity contribution in [2.24, 2.45) is 5.92 Å². The molecule has 19 heavy (non-hydrogen) atoms. The summed E-state index contributed by atoms with van der Waals surface area (Å²) in [4.78, 5) is 12.6. The Kier molecular flexibility index (Phi) is 6.45. The molecule has 0 saturated carbocycles. The van der Waals surface area contributed by atoms with Gasteiger partial charge in [-0.1, -0.05) is 22.9 Å². The van der Waals surface area contributed by atoms with Gasteiger partial charge in [-0.3, -0.25) is 4.79 Å². The molecule has 3 nitrogen and oxygen atoms in total. The Hall–Kier alpha value is -0.940. The molecule has 0 radical (unpaired) electrons. The van der Waals surface area contributed by atoms with Crippen LogP contribution in [0.2, 0.25) is 0 Å². The number of carboxylic acid groups (broad SMARTS) is 1. The van der Waals surface area contributed by atoms with Crippen LogP contribution in [-0.4, -0.2) is 36.1 Å². The molecule has 0 heterocycles. The van der Waals surface area contributed by atoms with E-state index in [-0.39, 0.29) is 18.2 Å². The van der Waals surface area contributed by atoms with Gasteiger partial charge in [0.2, 0.25) is 0 Å². The average Bonchev–Trinajstić information content (AvgIpc) is 2.29. The number of carbonyl (C=O) groups is 1. The van der Waals surface area contributed by atoms with E-state index in [1.165, 1.54) is 6.07 Å². The van der Waals surface area contributed by atoms with Crippen LogP contribution in [0.15, 0.2) is 22.7 Å². The molecule has 0 spiro atoms. The molecule has 0 bridgehead atoms. The maximum absolute atomic E-state index is 13.5. The summed E-state index contributed by atoms with van der Waals surface area (Å²) >= 11 is 3.33. The van der Waals surface area contributed by atoms with Gasteiger partial charge in [0.1, 0.15) is 5.82 Å². The summed E-state index contributed by atoms with van der Waals surface area (Å²) in [5, 5.41) is 8.70. The lowest BCUT2D eigenvalue weighted by Gasteiger charge is -2.20. The van der Waals surface area contributed by atoms with E-state index < -0.39 is 5.97 Å². The Morgan fingerprint density at radius 2 is 2.21 bits per heavy atom. The number of hydrogen-bond donors (Lipinski definition) is 1. The van der Waals surface area contributed by atoms with Crippen LogP contribution in [0.25, 0.3) is 0 Å². The van der Waals surface area contributed by atoms with E-state index in [9.17, 15) is 9.18 Å². The Morgan fingerprint density at radius 1 is 1.53 bits per heavy atom. The summed E-state index contributed by atoms with van der Waals surface area (Å²) in [7, 11) is 1.92. The van der Waals surface area contributed by atoms with Crippen LogP contribution in [0.4, 0.5) is 4.39 Å². The van der Waals surface area contributed by atoms with Gasteiger partial charge in [0.15, 0.2) is 0 Å². The molecule has 1 aromatic rings. The Balaban J connectivity index is 2.43. The highest BCUT2D eigenvalue weighted by Gasteiger charge is 2.11. The van der Waals surface area contributed by atoms with Crippen molar-refractivity contribution < 1.29 is 14.3 Å². The van der Waals surface area contributed by atoms with Crippen LogP contribution in [0, 0.1) is 11.7 Å². The van der Waals surface area contributed by atoms with E-state index in [0.717, 1.165) is 4.47 Å². The maximum Gasteiger partial charge on any atom is 0.303 e. The highest BCUT2D eigenvalue weighted by molar-refractivity contribution is 9.10. The van der Waals surface area contributed by atoms with Crippen molar-refractivity contribution in [2.75, 3.05) is 20.1 Å². The van der Waals surface area contributed by atoms with Crippen LogP contribution in [0.1, 0.15) is 18.9 Å². The zero-order valence-electron chi connectivity index (χ0n) is 11.2. The average molecular weight is 332 g/mol. The standard InChI is InChI=1S/C14H19BrFNO2/c1-10(7-14(18)19)9-17(2)6-5-11-8-12(15)3-4-13(11)16/h3-4,8,10H,5-7,9H2,1-2H3,(H,18,19). The SMILES string of the molecule is CC(CC(=O)O)CN(C)CCc1cc(Br)ccc1F. The zero-order chi connectivity index (χ0) is 14.4. The van der Waals surface area contributed by atoms with Gasteiger partial charge in [0.25, 0.3) is 0 Å². The predicted octanol–water partition coefficient (Wildman–Crippen LogP) is 3.17. The normalized spacial score (nSPS) is 12.7. The summed E-state index contributed by atoms with van der Waals surface area (Å²) in [6, 6.07) is 4.91. The summed E-state index contributed by atoms with van der Waals surface area (Å²) < 4.78 is 14.4. The molecule has 0 fully saturated rings. The first-order valence-electron chi connectivity index (χ1n) is 6.22. The van der Waals surface area contributed by atoms with Crippen LogP contribution >= 0.6 is 15.9 Å². The van der Waals surface area contributed by atoms with E-state index in [1.807, 2.05) is 18.9 Å². The number of halogens is 2. The minimum absolute atomic E-state index is 0.0925. The third-order valence-electron chi connectivity index (χ3n) is 2.92. The fraction of sp³-hybridized carbons (Fsp3) is 0.500. The number of carboxylic acids is 1. The minimum atomic E-state index is -0.779. The van der Waals surface area contributed by atoms with Crippen LogP contribution in [-0.2, 0) is 11.2 Å².